The molecule has 0 aromatic carbocycles. The van der Waals surface area contributed by atoms with Crippen molar-refractivity contribution in [1.82, 2.24) is 0 Å². The molecule has 2 N–H and O–H groups in total. The zero-order valence-corrected chi connectivity index (χ0v) is 6.19. The maximum atomic E-state index is 10.5. The Hall–Kier alpha value is -0.0900. The normalized spacial score (nSPS) is 35.8. The lowest BCUT2D eigenvalue weighted by Crippen LogP contribution is -2.38. The van der Waals surface area contributed by atoms with E-state index < -0.39 is 10.0 Å². The summed E-state index contributed by atoms with van der Waals surface area (Å²) in [6.07, 6.45) is 1.50. The maximum absolute atomic E-state index is 10.5. The lowest BCUT2D eigenvalue weighted by molar-refractivity contribution is 0.344. The number of sulfonamides is 1. The predicted octanol–water partition coefficient (Wildman–Crippen LogP) is 0.0734. The van der Waals surface area contributed by atoms with E-state index in [1.165, 1.54) is 0 Å². The summed E-state index contributed by atoms with van der Waals surface area (Å²) in [6, 6.07) is 0. The van der Waals surface area contributed by atoms with Crippen molar-refractivity contribution in [3.05, 3.63) is 0 Å². The highest BCUT2D eigenvalue weighted by Crippen LogP contribution is 2.30. The van der Waals surface area contributed by atoms with Gasteiger partial charge in [-0.15, -0.1) is 0 Å². The zero-order chi connectivity index (χ0) is 7.07. The van der Waals surface area contributed by atoms with E-state index in [2.05, 4.69) is 0 Å². The Balaban J connectivity index is 2.51. The molecule has 54 valence electrons. The third-order valence-electron chi connectivity index (χ3n) is 1.80. The fourth-order valence-corrected chi connectivity index (χ4v) is 2.29. The minimum Gasteiger partial charge on any atom is -0.228 e. The standard InChI is InChI=1S/C5H11NO2S/c1-4-2-5(3-4)9(6,7)8/h4-5H,2-3H2,1H3,(H2,6,7,8). The Kier molecular flexibility index (Phi) is 1.52. The van der Waals surface area contributed by atoms with Crippen LogP contribution in [0.3, 0.4) is 0 Å². The van der Waals surface area contributed by atoms with E-state index in [4.69, 9.17) is 5.14 Å². The van der Waals surface area contributed by atoms with Crippen LogP contribution in [0.1, 0.15) is 19.8 Å². The van der Waals surface area contributed by atoms with Crippen molar-refractivity contribution in [3.8, 4) is 0 Å². The second-order valence-corrected chi connectivity index (χ2v) is 4.63. The smallest absolute Gasteiger partial charge is 0.211 e. The molecule has 0 aromatic heterocycles. The first-order chi connectivity index (χ1) is 4.00. The van der Waals surface area contributed by atoms with Crippen LogP contribution >= 0.6 is 0 Å². The summed E-state index contributed by atoms with van der Waals surface area (Å²) in [5.41, 5.74) is 0. The van der Waals surface area contributed by atoms with Crippen molar-refractivity contribution in [2.45, 2.75) is 25.0 Å². The fraction of sp³-hybridized carbons (Fsp3) is 1.00. The van der Waals surface area contributed by atoms with Gasteiger partial charge in [-0.1, -0.05) is 6.92 Å². The highest BCUT2D eigenvalue weighted by Gasteiger charge is 2.33. The van der Waals surface area contributed by atoms with Crippen LogP contribution in [-0.4, -0.2) is 13.7 Å². The first-order valence-corrected chi connectivity index (χ1v) is 4.62. The SMILES string of the molecule is CC1CC(S(N)(=O)=O)C1. The van der Waals surface area contributed by atoms with Crippen LogP contribution in [0.25, 0.3) is 0 Å². The predicted molar refractivity (Wildman–Crippen MR) is 35.3 cm³/mol. The lowest BCUT2D eigenvalue weighted by atomic mass is 9.87. The molecule has 1 fully saturated rings. The third kappa shape index (κ3) is 1.43. The van der Waals surface area contributed by atoms with Gasteiger partial charge < -0.3 is 0 Å². The molecule has 4 heteroatoms. The molecular weight excluding hydrogens is 138 g/mol. The van der Waals surface area contributed by atoms with E-state index in [0.717, 1.165) is 12.8 Å². The minimum absolute atomic E-state index is 0.243. The van der Waals surface area contributed by atoms with E-state index in [0.29, 0.717) is 5.92 Å². The molecule has 0 aromatic rings. The van der Waals surface area contributed by atoms with Gasteiger partial charge >= 0.3 is 0 Å². The molecule has 0 unspecified atom stereocenters. The second-order valence-electron chi connectivity index (χ2n) is 2.79. The van der Waals surface area contributed by atoms with Crippen LogP contribution in [-0.2, 0) is 10.0 Å². The zero-order valence-electron chi connectivity index (χ0n) is 5.37. The van der Waals surface area contributed by atoms with Gasteiger partial charge in [0.05, 0.1) is 5.25 Å². The summed E-state index contributed by atoms with van der Waals surface area (Å²) in [4.78, 5) is 0. The topological polar surface area (TPSA) is 60.2 Å². The van der Waals surface area contributed by atoms with Gasteiger partial charge in [-0.25, -0.2) is 13.6 Å². The van der Waals surface area contributed by atoms with Gasteiger partial charge in [-0.3, -0.25) is 0 Å². The summed E-state index contributed by atoms with van der Waals surface area (Å²) < 4.78 is 21.1. The first-order valence-electron chi connectivity index (χ1n) is 3.02. The summed E-state index contributed by atoms with van der Waals surface area (Å²) in [5.74, 6) is 0.549. The molecule has 0 spiro atoms. The molecule has 3 nitrogen and oxygen atoms in total. The van der Waals surface area contributed by atoms with Gasteiger partial charge in [0.2, 0.25) is 10.0 Å². The number of hydrogen-bond acceptors (Lipinski definition) is 2. The molecule has 0 amide bonds. The second kappa shape index (κ2) is 1.95. The maximum Gasteiger partial charge on any atom is 0.211 e. The highest BCUT2D eigenvalue weighted by molar-refractivity contribution is 7.89. The van der Waals surface area contributed by atoms with Gasteiger partial charge in [0.1, 0.15) is 0 Å². The lowest BCUT2D eigenvalue weighted by Gasteiger charge is -2.30. The largest absolute Gasteiger partial charge is 0.228 e. The van der Waals surface area contributed by atoms with Crippen molar-refractivity contribution in [1.29, 1.82) is 0 Å². The molecule has 0 bridgehead atoms. The first kappa shape index (κ1) is 7.02. The Morgan fingerprint density at radius 1 is 1.44 bits per heavy atom. The van der Waals surface area contributed by atoms with Gasteiger partial charge in [0.25, 0.3) is 0 Å². The fourth-order valence-electron chi connectivity index (χ4n) is 1.10. The van der Waals surface area contributed by atoms with E-state index in [-0.39, 0.29) is 5.25 Å². The Morgan fingerprint density at radius 2 is 1.89 bits per heavy atom. The van der Waals surface area contributed by atoms with E-state index in [1.54, 1.807) is 0 Å². The molecule has 0 radical (unpaired) electrons. The summed E-state index contributed by atoms with van der Waals surface area (Å²) >= 11 is 0. The summed E-state index contributed by atoms with van der Waals surface area (Å²) in [7, 11) is -3.20. The van der Waals surface area contributed by atoms with Crippen LogP contribution < -0.4 is 5.14 Å². The van der Waals surface area contributed by atoms with Crippen LogP contribution in [0.4, 0.5) is 0 Å². The van der Waals surface area contributed by atoms with Crippen molar-refractivity contribution in [3.63, 3.8) is 0 Å². The number of rotatable bonds is 1. The average molecular weight is 149 g/mol. The molecule has 1 saturated carbocycles. The van der Waals surface area contributed by atoms with Crippen molar-refractivity contribution < 1.29 is 8.42 Å². The average Bonchev–Trinajstić information content (AvgIpc) is 1.55. The molecule has 1 aliphatic rings. The summed E-state index contributed by atoms with van der Waals surface area (Å²) in [6.45, 7) is 2.03. The number of nitrogens with two attached hydrogens (primary N) is 1. The number of hydrogen-bond donors (Lipinski definition) is 1. The van der Waals surface area contributed by atoms with Crippen LogP contribution in [0, 0.1) is 5.92 Å². The van der Waals surface area contributed by atoms with Crippen LogP contribution in [0.15, 0.2) is 0 Å². The monoisotopic (exact) mass is 149 g/mol. The van der Waals surface area contributed by atoms with Crippen LogP contribution in [0.2, 0.25) is 0 Å². The Bertz CT molecular complexity index is 191. The molecule has 1 rings (SSSR count). The van der Waals surface area contributed by atoms with Gasteiger partial charge in [-0.05, 0) is 18.8 Å². The van der Waals surface area contributed by atoms with Gasteiger partial charge in [0.15, 0.2) is 0 Å². The van der Waals surface area contributed by atoms with E-state index in [1.807, 2.05) is 6.92 Å². The van der Waals surface area contributed by atoms with E-state index >= 15 is 0 Å². The quantitative estimate of drug-likeness (QED) is 0.573. The molecular formula is C5H11NO2S. The summed E-state index contributed by atoms with van der Waals surface area (Å²) in [5, 5.41) is 4.63. The highest BCUT2D eigenvalue weighted by atomic mass is 32.2. The Labute approximate surface area is 55.3 Å². The molecule has 0 saturated heterocycles. The third-order valence-corrected chi connectivity index (χ3v) is 3.11. The van der Waals surface area contributed by atoms with E-state index in [9.17, 15) is 8.42 Å². The van der Waals surface area contributed by atoms with Crippen molar-refractivity contribution >= 4 is 10.0 Å². The minimum atomic E-state index is -3.20. The van der Waals surface area contributed by atoms with Crippen molar-refractivity contribution in [2.75, 3.05) is 0 Å². The molecule has 0 atom stereocenters. The Morgan fingerprint density at radius 3 is 2.00 bits per heavy atom. The molecule has 0 aliphatic heterocycles. The van der Waals surface area contributed by atoms with Crippen molar-refractivity contribution in [2.24, 2.45) is 11.1 Å². The molecule has 1 aliphatic carbocycles. The van der Waals surface area contributed by atoms with Gasteiger partial charge in [0, 0.05) is 0 Å². The molecule has 0 heterocycles. The molecule has 9 heavy (non-hydrogen) atoms. The number of primary sulfonamides is 1. The van der Waals surface area contributed by atoms with Crippen LogP contribution in [0.5, 0.6) is 0 Å². The van der Waals surface area contributed by atoms with Gasteiger partial charge in [-0.2, -0.15) is 0 Å².